The van der Waals surface area contributed by atoms with Gasteiger partial charge in [-0.1, -0.05) is 19.1 Å². The Labute approximate surface area is 221 Å². The zero-order chi connectivity index (χ0) is 27.6. The van der Waals surface area contributed by atoms with Gasteiger partial charge in [0.05, 0.1) is 14.2 Å². The Hall–Kier alpha value is -3.37. The monoisotopic (exact) mass is 527 g/mol. The topological polar surface area (TPSA) is 103 Å². The minimum absolute atomic E-state index is 0.0245. The summed E-state index contributed by atoms with van der Waals surface area (Å²) in [5.74, 6) is -0.274. The minimum atomic E-state index is -0.812. The molecule has 4 rings (SSSR count). The smallest absolute Gasteiger partial charge is 0.199 e. The highest BCUT2D eigenvalue weighted by Crippen LogP contribution is 2.43. The van der Waals surface area contributed by atoms with Gasteiger partial charge in [-0.3, -0.25) is 10.2 Å². The summed E-state index contributed by atoms with van der Waals surface area (Å²) in [4.78, 5) is 23.4. The van der Waals surface area contributed by atoms with Crippen molar-refractivity contribution in [3.8, 4) is 11.5 Å². The summed E-state index contributed by atoms with van der Waals surface area (Å²) in [6.45, 7) is 6.76. The number of nitrogens with zero attached hydrogens (tertiary/aromatic N) is 3. The molecule has 1 aliphatic rings. The number of carbonyl (C=O) groups excluding carboxylic acids is 1. The van der Waals surface area contributed by atoms with Gasteiger partial charge in [-0.05, 0) is 57.0 Å². The molecule has 2 aromatic carbocycles. The summed E-state index contributed by atoms with van der Waals surface area (Å²) in [7, 11) is 2.80. The first kappa shape index (κ1) is 27.7. The molecule has 0 saturated carbocycles. The van der Waals surface area contributed by atoms with Gasteiger partial charge in [-0.15, -0.1) is 0 Å². The number of aldehydes is 1. The van der Waals surface area contributed by atoms with Crippen LogP contribution in [0.4, 0.5) is 14.6 Å². The molecule has 38 heavy (non-hydrogen) atoms. The third kappa shape index (κ3) is 4.78. The Kier molecular flexibility index (Phi) is 8.13. The molecule has 3 N–H and O–H groups in total. The molecule has 1 saturated heterocycles. The van der Waals surface area contributed by atoms with Crippen molar-refractivity contribution in [2.45, 2.75) is 63.7 Å². The first-order chi connectivity index (χ1) is 18.2. The molecule has 1 fully saturated rings. The molecular weight excluding hydrogens is 492 g/mol. The number of hydrogen-bond acceptors (Lipinski definition) is 8. The molecule has 0 radical (unpaired) electrons. The Bertz CT molecular complexity index is 1290. The average Bonchev–Trinajstić information content (AvgIpc) is 2.89. The van der Waals surface area contributed by atoms with Gasteiger partial charge in [0.2, 0.25) is 0 Å². The summed E-state index contributed by atoms with van der Waals surface area (Å²) in [5.41, 5.74) is 6.37. The van der Waals surface area contributed by atoms with Gasteiger partial charge in [0.15, 0.2) is 17.3 Å². The molecule has 0 bridgehead atoms. The maximum atomic E-state index is 15.4. The van der Waals surface area contributed by atoms with Gasteiger partial charge >= 0.3 is 0 Å². The van der Waals surface area contributed by atoms with E-state index in [1.165, 1.54) is 26.4 Å². The van der Waals surface area contributed by atoms with Crippen LogP contribution in [0.3, 0.4) is 0 Å². The summed E-state index contributed by atoms with van der Waals surface area (Å²) >= 11 is 0. The number of rotatable bonds is 9. The number of likely N-dealkylation sites (tertiary alicyclic amines) is 1. The fourth-order valence-electron chi connectivity index (χ4n) is 6.07. The average molecular weight is 528 g/mol. The number of halogens is 2. The summed E-state index contributed by atoms with van der Waals surface area (Å²) in [5, 5.41) is 3.89. The minimum Gasteiger partial charge on any atom is -0.493 e. The van der Waals surface area contributed by atoms with Crippen molar-refractivity contribution in [3.05, 3.63) is 53.4 Å². The number of ether oxygens (including phenoxy) is 2. The summed E-state index contributed by atoms with van der Waals surface area (Å²) < 4.78 is 39.6. The molecule has 1 aliphatic heterocycles. The number of aromatic nitrogens is 2. The van der Waals surface area contributed by atoms with Crippen LogP contribution in [0.15, 0.2) is 30.3 Å². The highest BCUT2D eigenvalue weighted by atomic mass is 19.1. The lowest BCUT2D eigenvalue weighted by Gasteiger charge is -2.53. The van der Waals surface area contributed by atoms with Gasteiger partial charge < -0.3 is 20.0 Å². The predicted octanol–water partition coefficient (Wildman–Crippen LogP) is 4.52. The van der Waals surface area contributed by atoms with Crippen LogP contribution in [0.1, 0.15) is 57.3 Å². The molecule has 3 atom stereocenters. The molecule has 2 heterocycles. The Morgan fingerprint density at radius 1 is 1.13 bits per heavy atom. The van der Waals surface area contributed by atoms with Gasteiger partial charge in [0.1, 0.15) is 34.9 Å². The molecule has 3 aromatic rings. The summed E-state index contributed by atoms with van der Waals surface area (Å²) in [6, 6.07) is 7.81. The highest BCUT2D eigenvalue weighted by molar-refractivity contribution is 5.91. The van der Waals surface area contributed by atoms with Crippen LogP contribution in [-0.4, -0.2) is 54.0 Å². The Balaban J connectivity index is 1.73. The van der Waals surface area contributed by atoms with Crippen LogP contribution in [0.5, 0.6) is 11.5 Å². The lowest BCUT2D eigenvalue weighted by atomic mass is 9.81. The lowest BCUT2D eigenvalue weighted by Crippen LogP contribution is -2.64. The van der Waals surface area contributed by atoms with Crippen molar-refractivity contribution in [1.29, 1.82) is 0 Å². The largest absolute Gasteiger partial charge is 0.493 e. The second kappa shape index (κ2) is 11.2. The van der Waals surface area contributed by atoms with Crippen molar-refractivity contribution in [3.63, 3.8) is 0 Å². The fraction of sp³-hybridized carbons (Fsp3) is 0.464. The van der Waals surface area contributed by atoms with E-state index in [2.05, 4.69) is 34.0 Å². The number of fused-ring (bicyclic) bond motifs is 1. The number of nitrogens with one attached hydrogen (secondary N) is 1. The number of piperidine rings is 1. The fourth-order valence-corrected chi connectivity index (χ4v) is 6.07. The second-order valence-corrected chi connectivity index (χ2v) is 9.83. The second-order valence-electron chi connectivity index (χ2n) is 9.83. The number of nitrogens with two attached hydrogens (primary N) is 1. The standard InChI is InChI=1S/C28H35F2N5O3/c1-6-32-28(11-12-36,19-7-9-20(29)10-8-19)35-16(2)13-18(14-17(35)3)27-33-24-21(26(31)34-27)15-22(37-4)25(38-5)23(24)30/h7-10,12,15-18,32H,6,11,13-14H2,1-5H3,(H2,31,33,34)/t16?,17?,18?,28-/m1/s1. The molecule has 0 amide bonds. The molecule has 2 unspecified atom stereocenters. The number of anilines is 1. The van der Waals surface area contributed by atoms with E-state index in [1.54, 1.807) is 18.2 Å². The third-order valence-corrected chi connectivity index (χ3v) is 7.50. The van der Waals surface area contributed by atoms with E-state index in [-0.39, 0.29) is 53.1 Å². The van der Waals surface area contributed by atoms with Crippen LogP contribution in [0, 0.1) is 11.6 Å². The van der Waals surface area contributed by atoms with Crippen LogP contribution in [0.2, 0.25) is 0 Å². The van der Waals surface area contributed by atoms with Crippen LogP contribution in [0.25, 0.3) is 10.9 Å². The lowest BCUT2D eigenvalue weighted by molar-refractivity contribution is -0.115. The quantitative estimate of drug-likeness (QED) is 0.392. The van der Waals surface area contributed by atoms with E-state index in [1.807, 2.05) is 6.92 Å². The Morgan fingerprint density at radius 2 is 1.79 bits per heavy atom. The molecule has 1 aromatic heterocycles. The number of carbonyl (C=O) groups is 1. The van der Waals surface area contributed by atoms with Crippen LogP contribution >= 0.6 is 0 Å². The molecular formula is C28H35F2N5O3. The first-order valence-electron chi connectivity index (χ1n) is 12.8. The van der Waals surface area contributed by atoms with Crippen LogP contribution < -0.4 is 20.5 Å². The van der Waals surface area contributed by atoms with E-state index in [9.17, 15) is 9.18 Å². The molecule has 0 spiro atoms. The molecule has 0 aliphatic carbocycles. The molecule has 8 nitrogen and oxygen atoms in total. The van der Waals surface area contributed by atoms with Crippen LogP contribution in [-0.2, 0) is 10.5 Å². The van der Waals surface area contributed by atoms with Gasteiger partial charge in [0.25, 0.3) is 0 Å². The number of nitrogen functional groups attached to an aromatic ring is 1. The van der Waals surface area contributed by atoms with Gasteiger partial charge in [-0.25, -0.2) is 18.7 Å². The van der Waals surface area contributed by atoms with Gasteiger partial charge in [-0.2, -0.15) is 0 Å². The van der Waals surface area contributed by atoms with E-state index in [4.69, 9.17) is 15.2 Å². The van der Waals surface area contributed by atoms with E-state index < -0.39 is 11.5 Å². The normalized spacial score (nSPS) is 21.7. The van der Waals surface area contributed by atoms with Crippen molar-refractivity contribution >= 4 is 23.0 Å². The SMILES string of the molecule is CCN[C@@](CC=O)(c1ccc(F)cc1)N1C(C)CC(c2nc(N)c3cc(OC)c(OC)c(F)c3n2)CC1C. The third-order valence-electron chi connectivity index (χ3n) is 7.50. The van der Waals surface area contributed by atoms with E-state index in [0.29, 0.717) is 30.6 Å². The Morgan fingerprint density at radius 3 is 2.34 bits per heavy atom. The zero-order valence-corrected chi connectivity index (χ0v) is 22.4. The number of hydrogen-bond donors (Lipinski definition) is 2. The van der Waals surface area contributed by atoms with Crippen molar-refractivity contribution in [1.82, 2.24) is 20.2 Å². The highest BCUT2D eigenvalue weighted by Gasteiger charge is 2.46. The van der Waals surface area contributed by atoms with Crippen molar-refractivity contribution in [2.75, 3.05) is 26.5 Å². The maximum absolute atomic E-state index is 15.4. The van der Waals surface area contributed by atoms with Crippen molar-refractivity contribution in [2.24, 2.45) is 0 Å². The summed E-state index contributed by atoms with van der Waals surface area (Å²) in [6.07, 6.45) is 2.39. The maximum Gasteiger partial charge on any atom is 0.199 e. The predicted molar refractivity (Wildman–Crippen MR) is 142 cm³/mol. The van der Waals surface area contributed by atoms with E-state index in [0.717, 1.165) is 11.8 Å². The van der Waals surface area contributed by atoms with Crippen molar-refractivity contribution < 1.29 is 23.0 Å². The first-order valence-corrected chi connectivity index (χ1v) is 12.8. The number of methoxy groups -OCH3 is 2. The van der Waals surface area contributed by atoms with E-state index >= 15 is 4.39 Å². The zero-order valence-electron chi connectivity index (χ0n) is 22.4. The van der Waals surface area contributed by atoms with Gasteiger partial charge in [0, 0.05) is 29.8 Å². The molecule has 10 heteroatoms. The number of benzene rings is 2. The molecule has 204 valence electrons.